The second-order valence-corrected chi connectivity index (χ2v) is 4.51. The van der Waals surface area contributed by atoms with Gasteiger partial charge in [0.05, 0.1) is 13.0 Å². The van der Waals surface area contributed by atoms with Gasteiger partial charge in [-0.05, 0) is 30.0 Å². The molecular formula is C14H21NO3. The molecule has 0 fully saturated rings. The Morgan fingerprint density at radius 3 is 2.67 bits per heavy atom. The van der Waals surface area contributed by atoms with Crippen molar-refractivity contribution in [1.29, 1.82) is 0 Å². The molecule has 4 nitrogen and oxygen atoms in total. The van der Waals surface area contributed by atoms with Crippen LogP contribution >= 0.6 is 0 Å². The van der Waals surface area contributed by atoms with Crippen LogP contribution in [0.3, 0.4) is 0 Å². The molecule has 0 aliphatic heterocycles. The summed E-state index contributed by atoms with van der Waals surface area (Å²) in [4.78, 5) is 10.8. The molecule has 3 N–H and O–H groups in total. The molecule has 4 heteroatoms. The van der Waals surface area contributed by atoms with Gasteiger partial charge >= 0.3 is 5.97 Å². The van der Waals surface area contributed by atoms with Crippen LogP contribution in [0.5, 0.6) is 5.75 Å². The van der Waals surface area contributed by atoms with E-state index >= 15 is 0 Å². The smallest absolute Gasteiger partial charge is 0.306 e. The third kappa shape index (κ3) is 3.47. The summed E-state index contributed by atoms with van der Waals surface area (Å²) in [6, 6.07) is 5.53. The summed E-state index contributed by atoms with van der Waals surface area (Å²) in [5, 5.41) is 8.89. The van der Waals surface area contributed by atoms with Crippen LogP contribution in [0.1, 0.15) is 37.4 Å². The van der Waals surface area contributed by atoms with Crippen molar-refractivity contribution < 1.29 is 14.6 Å². The molecule has 0 aliphatic carbocycles. The third-order valence-corrected chi connectivity index (χ3v) is 3.14. The number of rotatable bonds is 6. The highest BCUT2D eigenvalue weighted by Crippen LogP contribution is 2.25. The van der Waals surface area contributed by atoms with Crippen LogP contribution < -0.4 is 10.5 Å². The second kappa shape index (κ2) is 6.40. The van der Waals surface area contributed by atoms with Gasteiger partial charge in [-0.1, -0.05) is 26.0 Å². The maximum Gasteiger partial charge on any atom is 0.306 e. The number of aryl methyl sites for hydroxylation is 1. The number of carboxylic acid groups (broad SMARTS) is 1. The Bertz CT molecular complexity index is 418. The molecule has 0 spiro atoms. The largest absolute Gasteiger partial charge is 0.496 e. The van der Waals surface area contributed by atoms with Gasteiger partial charge in [0.1, 0.15) is 5.75 Å². The lowest BCUT2D eigenvalue weighted by Gasteiger charge is -2.17. The van der Waals surface area contributed by atoms with E-state index in [9.17, 15) is 4.79 Å². The molecule has 0 saturated heterocycles. The lowest BCUT2D eigenvalue weighted by atomic mass is 9.95. The van der Waals surface area contributed by atoms with E-state index in [0.717, 1.165) is 23.3 Å². The van der Waals surface area contributed by atoms with Crippen LogP contribution in [-0.4, -0.2) is 18.2 Å². The van der Waals surface area contributed by atoms with Crippen molar-refractivity contribution in [2.45, 2.75) is 32.7 Å². The van der Waals surface area contributed by atoms with Crippen LogP contribution in [0, 0.1) is 5.92 Å². The Hall–Kier alpha value is -1.55. The first-order valence-electron chi connectivity index (χ1n) is 6.14. The standard InChI is InChI=1S/C14H21NO3/c1-4-10-8-11(5-6-13(10)18-3)12(15)7-9(2)14(16)17/h5-6,8-9,12H,4,7,15H2,1-3H3,(H,16,17). The maximum atomic E-state index is 10.8. The Balaban J connectivity index is 2.86. The SMILES string of the molecule is CCc1cc(C(N)CC(C)C(=O)O)ccc1OC. The van der Waals surface area contributed by atoms with Crippen molar-refractivity contribution in [3.05, 3.63) is 29.3 Å². The molecule has 2 unspecified atom stereocenters. The normalized spacial score (nSPS) is 14.0. The van der Waals surface area contributed by atoms with Crippen molar-refractivity contribution in [3.8, 4) is 5.75 Å². The van der Waals surface area contributed by atoms with Gasteiger partial charge in [-0.15, -0.1) is 0 Å². The van der Waals surface area contributed by atoms with Crippen LogP contribution in [0.2, 0.25) is 0 Å². The van der Waals surface area contributed by atoms with Gasteiger partial charge in [-0.25, -0.2) is 0 Å². The van der Waals surface area contributed by atoms with Crippen molar-refractivity contribution in [2.24, 2.45) is 11.7 Å². The second-order valence-electron chi connectivity index (χ2n) is 4.51. The molecule has 2 atom stereocenters. The molecule has 0 bridgehead atoms. The minimum absolute atomic E-state index is 0.257. The number of carbonyl (C=O) groups is 1. The highest BCUT2D eigenvalue weighted by molar-refractivity contribution is 5.69. The highest BCUT2D eigenvalue weighted by Gasteiger charge is 2.17. The summed E-state index contributed by atoms with van der Waals surface area (Å²) in [6.07, 6.45) is 1.29. The van der Waals surface area contributed by atoms with Gasteiger partial charge in [0.25, 0.3) is 0 Å². The van der Waals surface area contributed by atoms with E-state index in [0.29, 0.717) is 6.42 Å². The zero-order chi connectivity index (χ0) is 13.7. The Labute approximate surface area is 108 Å². The highest BCUT2D eigenvalue weighted by atomic mass is 16.5. The number of hydrogen-bond donors (Lipinski definition) is 2. The molecule has 1 rings (SSSR count). The quantitative estimate of drug-likeness (QED) is 0.814. The fourth-order valence-electron chi connectivity index (χ4n) is 1.92. The summed E-state index contributed by atoms with van der Waals surface area (Å²) in [5.41, 5.74) is 8.09. The molecule has 0 heterocycles. The lowest BCUT2D eigenvalue weighted by Crippen LogP contribution is -2.19. The molecule has 0 saturated carbocycles. The zero-order valence-corrected chi connectivity index (χ0v) is 11.1. The Kier molecular flexibility index (Phi) is 5.16. The number of benzene rings is 1. The van der Waals surface area contributed by atoms with Gasteiger partial charge in [0.2, 0.25) is 0 Å². The summed E-state index contributed by atoms with van der Waals surface area (Å²) in [5.74, 6) is -0.401. The van der Waals surface area contributed by atoms with E-state index in [4.69, 9.17) is 15.6 Å². The Morgan fingerprint density at radius 2 is 2.17 bits per heavy atom. The molecule has 100 valence electrons. The van der Waals surface area contributed by atoms with Crippen LogP contribution in [-0.2, 0) is 11.2 Å². The molecule has 18 heavy (non-hydrogen) atoms. The number of nitrogens with two attached hydrogens (primary N) is 1. The van der Waals surface area contributed by atoms with E-state index in [1.807, 2.05) is 25.1 Å². The summed E-state index contributed by atoms with van der Waals surface area (Å²) in [6.45, 7) is 3.72. The van der Waals surface area contributed by atoms with Gasteiger partial charge in [0, 0.05) is 6.04 Å². The first kappa shape index (κ1) is 14.5. The average Bonchev–Trinajstić information content (AvgIpc) is 2.37. The first-order valence-corrected chi connectivity index (χ1v) is 6.14. The van der Waals surface area contributed by atoms with Gasteiger partial charge in [-0.3, -0.25) is 4.79 Å². The fourth-order valence-corrected chi connectivity index (χ4v) is 1.92. The predicted molar refractivity (Wildman–Crippen MR) is 70.7 cm³/mol. The fraction of sp³-hybridized carbons (Fsp3) is 0.500. The van der Waals surface area contributed by atoms with Crippen LogP contribution in [0.25, 0.3) is 0 Å². The molecular weight excluding hydrogens is 230 g/mol. The first-order chi connectivity index (χ1) is 8.49. The van der Waals surface area contributed by atoms with Gasteiger partial charge in [-0.2, -0.15) is 0 Å². The third-order valence-electron chi connectivity index (χ3n) is 3.14. The minimum Gasteiger partial charge on any atom is -0.496 e. The molecule has 0 radical (unpaired) electrons. The Morgan fingerprint density at radius 1 is 1.50 bits per heavy atom. The molecule has 1 aromatic rings. The van der Waals surface area contributed by atoms with E-state index in [-0.39, 0.29) is 6.04 Å². The molecule has 0 aromatic heterocycles. The van der Waals surface area contributed by atoms with Crippen molar-refractivity contribution in [3.63, 3.8) is 0 Å². The van der Waals surface area contributed by atoms with Crippen LogP contribution in [0.15, 0.2) is 18.2 Å². The number of carboxylic acids is 1. The monoisotopic (exact) mass is 251 g/mol. The molecule has 1 aromatic carbocycles. The topological polar surface area (TPSA) is 72.6 Å². The van der Waals surface area contributed by atoms with Crippen molar-refractivity contribution in [1.82, 2.24) is 0 Å². The van der Waals surface area contributed by atoms with E-state index in [2.05, 4.69) is 0 Å². The average molecular weight is 251 g/mol. The van der Waals surface area contributed by atoms with E-state index in [1.165, 1.54) is 0 Å². The number of hydrogen-bond acceptors (Lipinski definition) is 3. The van der Waals surface area contributed by atoms with Crippen LogP contribution in [0.4, 0.5) is 0 Å². The number of ether oxygens (including phenoxy) is 1. The number of aliphatic carboxylic acids is 1. The van der Waals surface area contributed by atoms with Crippen molar-refractivity contribution in [2.75, 3.05) is 7.11 Å². The minimum atomic E-state index is -0.810. The maximum absolute atomic E-state index is 10.8. The molecule has 0 aliphatic rings. The summed E-state index contributed by atoms with van der Waals surface area (Å²) in [7, 11) is 1.64. The molecule has 0 amide bonds. The predicted octanol–water partition coefficient (Wildman–Crippen LogP) is 2.37. The zero-order valence-electron chi connectivity index (χ0n) is 11.1. The van der Waals surface area contributed by atoms with E-state index in [1.54, 1.807) is 14.0 Å². The number of methoxy groups -OCH3 is 1. The van der Waals surface area contributed by atoms with E-state index < -0.39 is 11.9 Å². The lowest BCUT2D eigenvalue weighted by molar-refractivity contribution is -0.141. The van der Waals surface area contributed by atoms with Gasteiger partial charge in [0.15, 0.2) is 0 Å². The summed E-state index contributed by atoms with van der Waals surface area (Å²) < 4.78 is 5.26. The van der Waals surface area contributed by atoms with Crippen molar-refractivity contribution >= 4 is 5.97 Å². The van der Waals surface area contributed by atoms with Gasteiger partial charge < -0.3 is 15.6 Å². The summed E-state index contributed by atoms with van der Waals surface area (Å²) >= 11 is 0.